The van der Waals surface area contributed by atoms with Crippen LogP contribution < -0.4 is 0 Å². The summed E-state index contributed by atoms with van der Waals surface area (Å²) in [6, 6.07) is 7.22. The highest BCUT2D eigenvalue weighted by Crippen LogP contribution is 2.51. The second kappa shape index (κ2) is 3.99. The van der Waals surface area contributed by atoms with Gasteiger partial charge in [0.25, 0.3) is 0 Å². The number of benzene rings is 1. The zero-order valence-corrected chi connectivity index (χ0v) is 10.5. The highest BCUT2D eigenvalue weighted by Gasteiger charge is 2.59. The smallest absolute Gasteiger partial charge is 0.396 e. The molecule has 19 heavy (non-hydrogen) atoms. The molecule has 102 valence electrons. The van der Waals surface area contributed by atoms with Gasteiger partial charge in [-0.3, -0.25) is 4.99 Å². The maximum atomic E-state index is 13.3. The lowest BCUT2D eigenvalue weighted by atomic mass is 9.71. The van der Waals surface area contributed by atoms with Gasteiger partial charge in [-0.05, 0) is 18.4 Å². The minimum Gasteiger partial charge on any atom is -0.467 e. The maximum Gasteiger partial charge on any atom is 0.396 e. The van der Waals surface area contributed by atoms with E-state index in [0.29, 0.717) is 17.9 Å². The number of aryl methyl sites for hydroxylation is 1. The lowest BCUT2D eigenvalue weighted by Crippen LogP contribution is -2.49. The molecule has 0 N–H and O–H groups in total. The molecule has 2 atom stereocenters. The van der Waals surface area contributed by atoms with E-state index < -0.39 is 17.7 Å². The molecule has 1 aromatic rings. The van der Waals surface area contributed by atoms with Gasteiger partial charge in [0.2, 0.25) is 0 Å². The van der Waals surface area contributed by atoms with E-state index in [2.05, 4.69) is 4.99 Å². The summed E-state index contributed by atoms with van der Waals surface area (Å²) >= 11 is 0. The first kappa shape index (κ1) is 12.5. The molecule has 0 unspecified atom stereocenters. The van der Waals surface area contributed by atoms with Crippen LogP contribution in [0.15, 0.2) is 29.3 Å². The van der Waals surface area contributed by atoms with Gasteiger partial charge >= 0.3 is 6.18 Å². The minimum atomic E-state index is -4.27. The number of ether oxygens (including phenoxy) is 1. The van der Waals surface area contributed by atoms with E-state index in [1.807, 2.05) is 12.1 Å². The molecular weight excluding hydrogens is 255 g/mol. The Bertz CT molecular complexity index is 538. The number of aliphatic imine (C=N–C) groups is 1. The van der Waals surface area contributed by atoms with E-state index in [4.69, 9.17) is 4.74 Å². The Morgan fingerprint density at radius 2 is 2.05 bits per heavy atom. The number of nitrogens with zero attached hydrogens (tertiary/aromatic N) is 1. The zero-order valence-electron chi connectivity index (χ0n) is 10.5. The van der Waals surface area contributed by atoms with Crippen LogP contribution in [0.25, 0.3) is 0 Å². The van der Waals surface area contributed by atoms with Crippen molar-refractivity contribution < 1.29 is 17.9 Å². The Kier molecular flexibility index (Phi) is 2.62. The number of alkyl halides is 3. The van der Waals surface area contributed by atoms with Gasteiger partial charge < -0.3 is 4.74 Å². The molecule has 2 nitrogen and oxygen atoms in total. The van der Waals surface area contributed by atoms with Crippen LogP contribution >= 0.6 is 0 Å². The van der Waals surface area contributed by atoms with E-state index in [0.717, 1.165) is 5.56 Å². The lowest BCUT2D eigenvalue weighted by molar-refractivity contribution is -0.225. The van der Waals surface area contributed by atoms with Gasteiger partial charge in [0.15, 0.2) is 11.5 Å². The predicted octanol–water partition coefficient (Wildman–Crippen LogP) is 3.46. The van der Waals surface area contributed by atoms with Crippen molar-refractivity contribution >= 4 is 5.90 Å². The number of halogens is 3. The third-order valence-corrected chi connectivity index (χ3v) is 4.00. The molecule has 0 bridgehead atoms. The molecule has 1 aliphatic carbocycles. The second-order valence-corrected chi connectivity index (χ2v) is 5.12. The Labute approximate surface area is 109 Å². The summed E-state index contributed by atoms with van der Waals surface area (Å²) in [5.41, 5.74) is 0.231. The number of hydrogen-bond donors (Lipinski definition) is 0. The van der Waals surface area contributed by atoms with Crippen molar-refractivity contribution in [2.75, 3.05) is 6.54 Å². The first-order valence-electron chi connectivity index (χ1n) is 6.29. The molecule has 1 aromatic carbocycles. The molecule has 5 heteroatoms. The van der Waals surface area contributed by atoms with Crippen molar-refractivity contribution in [1.29, 1.82) is 0 Å². The fourth-order valence-corrected chi connectivity index (χ4v) is 3.18. The molecule has 1 heterocycles. The Morgan fingerprint density at radius 3 is 2.68 bits per heavy atom. The standard InChI is InChI=1S/C14H14F3NO/c1-9-18-8-13(19-9)11-5-3-2-4-10(11)6-7-12(13)14(15,16)17/h2-5,12H,6-8H2,1H3/t12-,13-/m0/s1. The summed E-state index contributed by atoms with van der Waals surface area (Å²) in [5.74, 6) is -1.15. The minimum absolute atomic E-state index is 0.0556. The number of fused-ring (bicyclic) bond motifs is 2. The average Bonchev–Trinajstić information content (AvgIpc) is 2.71. The van der Waals surface area contributed by atoms with Crippen molar-refractivity contribution in [3.8, 4) is 0 Å². The molecule has 0 saturated carbocycles. The summed E-state index contributed by atoms with van der Waals surface area (Å²) in [6.45, 7) is 1.67. The van der Waals surface area contributed by atoms with Crippen molar-refractivity contribution in [2.45, 2.75) is 31.5 Å². The van der Waals surface area contributed by atoms with Gasteiger partial charge in [-0.15, -0.1) is 0 Å². The first-order valence-corrected chi connectivity index (χ1v) is 6.29. The van der Waals surface area contributed by atoms with Crippen molar-refractivity contribution in [3.05, 3.63) is 35.4 Å². The quantitative estimate of drug-likeness (QED) is 0.707. The second-order valence-electron chi connectivity index (χ2n) is 5.12. The molecule has 0 saturated heterocycles. The normalized spacial score (nSPS) is 29.9. The third-order valence-electron chi connectivity index (χ3n) is 4.00. The van der Waals surface area contributed by atoms with Crippen LogP contribution in [-0.2, 0) is 16.8 Å². The molecule has 0 radical (unpaired) electrons. The predicted molar refractivity (Wildman–Crippen MR) is 65.0 cm³/mol. The van der Waals surface area contributed by atoms with Crippen LogP contribution in [0.4, 0.5) is 13.2 Å². The molecular formula is C14H14F3NO. The summed E-state index contributed by atoms with van der Waals surface area (Å²) < 4.78 is 45.6. The summed E-state index contributed by atoms with van der Waals surface area (Å²) in [6.07, 6.45) is -3.78. The van der Waals surface area contributed by atoms with Crippen molar-refractivity contribution in [3.63, 3.8) is 0 Å². The van der Waals surface area contributed by atoms with Crippen molar-refractivity contribution in [1.82, 2.24) is 0 Å². The zero-order chi connectivity index (χ0) is 13.7. The molecule has 1 spiro atoms. The van der Waals surface area contributed by atoms with Crippen LogP contribution in [0.1, 0.15) is 24.5 Å². The van der Waals surface area contributed by atoms with E-state index in [-0.39, 0.29) is 13.0 Å². The molecule has 3 rings (SSSR count). The van der Waals surface area contributed by atoms with Crippen LogP contribution in [0.3, 0.4) is 0 Å². The van der Waals surface area contributed by atoms with E-state index >= 15 is 0 Å². The fourth-order valence-electron chi connectivity index (χ4n) is 3.18. The summed E-state index contributed by atoms with van der Waals surface area (Å²) in [7, 11) is 0. The van der Waals surface area contributed by atoms with Crippen LogP contribution in [0.2, 0.25) is 0 Å². The maximum absolute atomic E-state index is 13.3. The van der Waals surface area contributed by atoms with Gasteiger partial charge in [0, 0.05) is 12.5 Å². The van der Waals surface area contributed by atoms with Gasteiger partial charge in [0.1, 0.15) is 5.92 Å². The lowest BCUT2D eigenvalue weighted by Gasteiger charge is -2.42. The Hall–Kier alpha value is -1.52. The molecule has 2 aliphatic rings. The van der Waals surface area contributed by atoms with Gasteiger partial charge in [-0.25, -0.2) is 0 Å². The first-order chi connectivity index (χ1) is 8.93. The van der Waals surface area contributed by atoms with E-state index in [1.54, 1.807) is 19.1 Å². The molecule has 0 amide bonds. The third kappa shape index (κ3) is 1.83. The Morgan fingerprint density at radius 1 is 1.32 bits per heavy atom. The highest BCUT2D eigenvalue weighted by molar-refractivity contribution is 5.76. The van der Waals surface area contributed by atoms with Gasteiger partial charge in [-0.2, -0.15) is 13.2 Å². The fraction of sp³-hybridized carbons (Fsp3) is 0.500. The largest absolute Gasteiger partial charge is 0.467 e. The molecule has 0 aromatic heterocycles. The van der Waals surface area contributed by atoms with E-state index in [9.17, 15) is 13.2 Å². The van der Waals surface area contributed by atoms with Gasteiger partial charge in [0.05, 0.1) is 6.54 Å². The van der Waals surface area contributed by atoms with Crippen molar-refractivity contribution in [2.24, 2.45) is 10.9 Å². The summed E-state index contributed by atoms with van der Waals surface area (Å²) in [4.78, 5) is 4.07. The van der Waals surface area contributed by atoms with Gasteiger partial charge in [-0.1, -0.05) is 24.3 Å². The van der Waals surface area contributed by atoms with Crippen LogP contribution in [-0.4, -0.2) is 18.6 Å². The average molecular weight is 269 g/mol. The Balaban J connectivity index is 2.13. The molecule has 0 fully saturated rings. The topological polar surface area (TPSA) is 21.6 Å². The monoisotopic (exact) mass is 269 g/mol. The van der Waals surface area contributed by atoms with Crippen LogP contribution in [0.5, 0.6) is 0 Å². The summed E-state index contributed by atoms with van der Waals surface area (Å²) in [5, 5.41) is 0. The van der Waals surface area contributed by atoms with E-state index in [1.165, 1.54) is 0 Å². The number of hydrogen-bond acceptors (Lipinski definition) is 2. The molecule has 1 aliphatic heterocycles. The van der Waals surface area contributed by atoms with Crippen LogP contribution in [0, 0.1) is 5.92 Å². The highest BCUT2D eigenvalue weighted by atomic mass is 19.4. The number of rotatable bonds is 0. The SMILES string of the molecule is CC1=NC[C@]2(O1)c1ccccc1CC[C@@H]2C(F)(F)F.